The SMILES string of the molecule is CCC(C)S(=N)(=O)c1nc(N)c2[nH]c(=O)n(Cc3ccccc3)c2n1. The lowest BCUT2D eigenvalue weighted by molar-refractivity contribution is 0.651. The van der Waals surface area contributed by atoms with Crippen molar-refractivity contribution in [3.05, 3.63) is 46.4 Å². The predicted octanol–water partition coefficient (Wildman–Crippen LogP) is 1.95. The van der Waals surface area contributed by atoms with E-state index in [0.717, 1.165) is 5.56 Å². The van der Waals surface area contributed by atoms with E-state index in [1.54, 1.807) is 6.92 Å². The van der Waals surface area contributed by atoms with E-state index < -0.39 is 15.0 Å². The summed E-state index contributed by atoms with van der Waals surface area (Å²) in [4.78, 5) is 23.2. The molecule has 0 saturated heterocycles. The number of aromatic nitrogens is 4. The molecular formula is C16H20N6O2S. The molecule has 2 atom stereocenters. The van der Waals surface area contributed by atoms with Crippen LogP contribution in [0.3, 0.4) is 0 Å². The van der Waals surface area contributed by atoms with Crippen LogP contribution in [0.5, 0.6) is 0 Å². The summed E-state index contributed by atoms with van der Waals surface area (Å²) >= 11 is 0. The fraction of sp³-hybridized carbons (Fsp3) is 0.312. The maximum Gasteiger partial charge on any atom is 0.328 e. The molecular weight excluding hydrogens is 340 g/mol. The molecule has 3 aromatic rings. The monoisotopic (exact) mass is 360 g/mol. The number of anilines is 1. The molecule has 0 aliphatic rings. The summed E-state index contributed by atoms with van der Waals surface area (Å²) in [5, 5.41) is -0.551. The van der Waals surface area contributed by atoms with Crippen molar-refractivity contribution in [1.29, 1.82) is 4.78 Å². The van der Waals surface area contributed by atoms with Crippen molar-refractivity contribution < 1.29 is 4.21 Å². The first-order valence-electron chi connectivity index (χ1n) is 7.92. The van der Waals surface area contributed by atoms with Crippen molar-refractivity contribution in [3.63, 3.8) is 0 Å². The van der Waals surface area contributed by atoms with Crippen molar-refractivity contribution in [2.45, 2.75) is 37.2 Å². The van der Waals surface area contributed by atoms with Gasteiger partial charge in [0.05, 0.1) is 6.54 Å². The molecule has 8 nitrogen and oxygen atoms in total. The Morgan fingerprint density at radius 3 is 2.64 bits per heavy atom. The molecule has 4 N–H and O–H groups in total. The smallest absolute Gasteiger partial charge is 0.328 e. The lowest BCUT2D eigenvalue weighted by Crippen LogP contribution is -2.20. The quantitative estimate of drug-likeness (QED) is 0.599. The second-order valence-electron chi connectivity index (χ2n) is 5.91. The van der Waals surface area contributed by atoms with Crippen LogP contribution in [0.15, 0.2) is 40.3 Å². The highest BCUT2D eigenvalue weighted by Gasteiger charge is 2.24. The molecule has 2 heterocycles. The Balaban J connectivity index is 2.20. The Bertz CT molecular complexity index is 1070. The zero-order valence-electron chi connectivity index (χ0n) is 14.0. The van der Waals surface area contributed by atoms with Crippen LogP contribution in [0, 0.1) is 4.78 Å². The Morgan fingerprint density at radius 2 is 2.00 bits per heavy atom. The fourth-order valence-electron chi connectivity index (χ4n) is 2.49. The van der Waals surface area contributed by atoms with Crippen LogP contribution < -0.4 is 11.4 Å². The molecule has 132 valence electrons. The molecule has 2 aromatic heterocycles. The summed E-state index contributed by atoms with van der Waals surface area (Å²) in [5.74, 6) is 0.0205. The van der Waals surface area contributed by atoms with Crippen molar-refractivity contribution in [2.24, 2.45) is 0 Å². The van der Waals surface area contributed by atoms with Crippen molar-refractivity contribution in [3.8, 4) is 0 Å². The highest BCUT2D eigenvalue weighted by atomic mass is 32.2. The van der Waals surface area contributed by atoms with Crippen molar-refractivity contribution in [2.75, 3.05) is 5.73 Å². The second-order valence-corrected chi connectivity index (χ2v) is 8.28. The van der Waals surface area contributed by atoms with E-state index in [-0.39, 0.29) is 28.9 Å². The number of aromatic amines is 1. The Kier molecular flexibility index (Phi) is 4.34. The number of H-pyrrole nitrogens is 1. The van der Waals surface area contributed by atoms with Crippen LogP contribution >= 0.6 is 0 Å². The standard InChI is InChI=1S/C16H20N6O2S/c1-3-10(2)25(18,24)15-20-13(17)12-14(21-15)22(16(23)19-12)9-11-7-5-4-6-8-11/h4-8,10,18H,3,9H2,1-2H3,(H,19,23)(H2,17,20,21). The number of imidazole rings is 1. The number of hydrogen-bond acceptors (Lipinski definition) is 6. The van der Waals surface area contributed by atoms with E-state index in [0.29, 0.717) is 11.9 Å². The first-order valence-corrected chi connectivity index (χ1v) is 9.54. The Morgan fingerprint density at radius 1 is 1.32 bits per heavy atom. The van der Waals surface area contributed by atoms with Gasteiger partial charge in [0.1, 0.15) is 15.2 Å². The first-order chi connectivity index (χ1) is 11.8. The van der Waals surface area contributed by atoms with Gasteiger partial charge in [0.15, 0.2) is 11.5 Å². The van der Waals surface area contributed by atoms with Gasteiger partial charge in [-0.3, -0.25) is 4.57 Å². The van der Waals surface area contributed by atoms with Crippen LogP contribution in [0.2, 0.25) is 0 Å². The lowest BCUT2D eigenvalue weighted by atomic mass is 10.2. The molecule has 0 saturated carbocycles. The Hall–Kier alpha value is -2.68. The second kappa shape index (κ2) is 6.32. The largest absolute Gasteiger partial charge is 0.382 e. The van der Waals surface area contributed by atoms with Crippen LogP contribution in [-0.4, -0.2) is 29.0 Å². The van der Waals surface area contributed by atoms with Gasteiger partial charge < -0.3 is 10.7 Å². The summed E-state index contributed by atoms with van der Waals surface area (Å²) in [6, 6.07) is 9.43. The average molecular weight is 360 g/mol. The molecule has 25 heavy (non-hydrogen) atoms. The summed E-state index contributed by atoms with van der Waals surface area (Å²) in [6.45, 7) is 3.85. The Labute approximate surface area is 145 Å². The summed E-state index contributed by atoms with van der Waals surface area (Å²) < 4.78 is 22.4. The van der Waals surface area contributed by atoms with E-state index in [1.165, 1.54) is 4.57 Å². The number of nitrogens with one attached hydrogen (secondary N) is 2. The van der Waals surface area contributed by atoms with E-state index >= 15 is 0 Å². The molecule has 1 aromatic carbocycles. The molecule has 2 unspecified atom stereocenters. The maximum absolute atomic E-state index is 12.8. The number of benzene rings is 1. The minimum absolute atomic E-state index is 0.0205. The molecule has 9 heteroatoms. The number of fused-ring (bicyclic) bond motifs is 1. The molecule has 0 aliphatic carbocycles. The maximum atomic E-state index is 12.8. The number of rotatable bonds is 5. The normalized spacial score (nSPS) is 15.1. The zero-order valence-corrected chi connectivity index (χ0v) is 14.8. The van der Waals surface area contributed by atoms with Crippen LogP contribution in [0.1, 0.15) is 25.8 Å². The summed E-state index contributed by atoms with van der Waals surface area (Å²) in [7, 11) is -3.21. The summed E-state index contributed by atoms with van der Waals surface area (Å²) in [6.07, 6.45) is 0.549. The topological polar surface area (TPSA) is 131 Å². The van der Waals surface area contributed by atoms with Gasteiger partial charge in [-0.2, -0.15) is 4.98 Å². The minimum atomic E-state index is -3.21. The predicted molar refractivity (Wildman–Crippen MR) is 97.0 cm³/mol. The minimum Gasteiger partial charge on any atom is -0.382 e. The third-order valence-electron chi connectivity index (χ3n) is 4.23. The lowest BCUT2D eigenvalue weighted by Gasteiger charge is -2.13. The zero-order chi connectivity index (χ0) is 18.2. The number of hydrogen-bond donors (Lipinski definition) is 3. The van der Waals surface area contributed by atoms with Crippen molar-refractivity contribution >= 4 is 26.7 Å². The van der Waals surface area contributed by atoms with Gasteiger partial charge in [0.25, 0.3) is 0 Å². The highest BCUT2D eigenvalue weighted by molar-refractivity contribution is 7.92. The van der Waals surface area contributed by atoms with Crippen LogP contribution in [0.4, 0.5) is 5.82 Å². The molecule has 0 amide bonds. The van der Waals surface area contributed by atoms with E-state index in [1.807, 2.05) is 37.3 Å². The van der Waals surface area contributed by atoms with Gasteiger partial charge in [-0.15, -0.1) is 0 Å². The third-order valence-corrected chi connectivity index (χ3v) is 6.42. The van der Waals surface area contributed by atoms with Crippen molar-refractivity contribution in [1.82, 2.24) is 19.5 Å². The average Bonchev–Trinajstić information content (AvgIpc) is 2.91. The molecule has 0 fully saturated rings. The van der Waals surface area contributed by atoms with Gasteiger partial charge in [-0.25, -0.2) is 18.8 Å². The molecule has 0 spiro atoms. The summed E-state index contributed by atoms with van der Waals surface area (Å²) in [5.41, 5.74) is 7.02. The van der Waals surface area contributed by atoms with Gasteiger partial charge in [-0.1, -0.05) is 37.3 Å². The van der Waals surface area contributed by atoms with Gasteiger partial charge in [0, 0.05) is 5.25 Å². The van der Waals surface area contributed by atoms with Gasteiger partial charge >= 0.3 is 5.69 Å². The molecule has 3 rings (SSSR count). The van der Waals surface area contributed by atoms with E-state index in [4.69, 9.17) is 10.5 Å². The number of nitrogens with two attached hydrogens (primary N) is 1. The van der Waals surface area contributed by atoms with Crippen LogP contribution in [0.25, 0.3) is 11.2 Å². The fourth-order valence-corrected chi connectivity index (χ4v) is 3.78. The third kappa shape index (κ3) is 3.02. The van der Waals surface area contributed by atoms with E-state index in [2.05, 4.69) is 15.0 Å². The van der Waals surface area contributed by atoms with Gasteiger partial charge in [0.2, 0.25) is 5.16 Å². The van der Waals surface area contributed by atoms with Crippen LogP contribution in [-0.2, 0) is 16.3 Å². The first kappa shape index (κ1) is 17.2. The number of nitrogen functional groups attached to an aromatic ring is 1. The number of nitrogens with zero attached hydrogens (tertiary/aromatic N) is 3. The molecule has 0 aliphatic heterocycles. The molecule has 0 bridgehead atoms. The van der Waals surface area contributed by atoms with E-state index in [9.17, 15) is 9.00 Å². The highest BCUT2D eigenvalue weighted by Crippen LogP contribution is 2.21. The molecule has 0 radical (unpaired) electrons. The van der Waals surface area contributed by atoms with Gasteiger partial charge in [-0.05, 0) is 18.9 Å².